The first-order chi connectivity index (χ1) is 8.20. The van der Waals surface area contributed by atoms with Crippen molar-refractivity contribution in [2.75, 3.05) is 5.73 Å². The van der Waals surface area contributed by atoms with E-state index in [1.807, 2.05) is 30.3 Å². The van der Waals surface area contributed by atoms with E-state index >= 15 is 0 Å². The van der Waals surface area contributed by atoms with E-state index in [-0.39, 0.29) is 0 Å². The Morgan fingerprint density at radius 1 is 1.35 bits per heavy atom. The van der Waals surface area contributed by atoms with Gasteiger partial charge in [-0.05, 0) is 25.5 Å². The minimum atomic E-state index is 0.504. The molecule has 0 amide bonds. The van der Waals surface area contributed by atoms with Crippen molar-refractivity contribution in [2.24, 2.45) is 0 Å². The highest BCUT2D eigenvalue weighted by Gasteiger charge is 2.04. The second-order valence-electron chi connectivity index (χ2n) is 4.41. The molecule has 0 fully saturated rings. The van der Waals surface area contributed by atoms with Gasteiger partial charge >= 0.3 is 0 Å². The van der Waals surface area contributed by atoms with Gasteiger partial charge in [-0.15, -0.1) is 0 Å². The van der Waals surface area contributed by atoms with E-state index < -0.39 is 0 Å². The molecule has 1 unspecified atom stereocenters. The Kier molecular flexibility index (Phi) is 3.59. The lowest BCUT2D eigenvalue weighted by atomic mass is 10.1. The molecular weight excluding hydrogens is 210 g/mol. The third-order valence-electron chi connectivity index (χ3n) is 3.05. The minimum absolute atomic E-state index is 0.504. The molecule has 90 valence electrons. The van der Waals surface area contributed by atoms with Crippen molar-refractivity contribution in [3.05, 3.63) is 36.0 Å². The van der Waals surface area contributed by atoms with Gasteiger partial charge in [0, 0.05) is 23.7 Å². The highest BCUT2D eigenvalue weighted by Crippen LogP contribution is 2.19. The monoisotopic (exact) mass is 229 g/mol. The van der Waals surface area contributed by atoms with E-state index in [2.05, 4.69) is 24.1 Å². The molecule has 0 bridgehead atoms. The molecular formula is C14H19N3. The van der Waals surface area contributed by atoms with E-state index in [4.69, 9.17) is 5.73 Å². The van der Waals surface area contributed by atoms with E-state index in [9.17, 15) is 0 Å². The third-order valence-corrected chi connectivity index (χ3v) is 3.05. The Labute approximate surface area is 102 Å². The van der Waals surface area contributed by atoms with Crippen LogP contribution >= 0.6 is 0 Å². The van der Waals surface area contributed by atoms with Gasteiger partial charge in [0.05, 0.1) is 11.2 Å². The molecule has 1 aromatic carbocycles. The first-order valence-corrected chi connectivity index (χ1v) is 6.08. The lowest BCUT2D eigenvalue weighted by Gasteiger charge is -2.11. The lowest BCUT2D eigenvalue weighted by molar-refractivity contribution is 0.530. The summed E-state index contributed by atoms with van der Waals surface area (Å²) in [4.78, 5) is 4.60. The smallest absolute Gasteiger partial charge is 0.0726 e. The number of hydrogen-bond donors (Lipinski definition) is 2. The Morgan fingerprint density at radius 3 is 2.88 bits per heavy atom. The molecule has 3 N–H and O–H groups in total. The van der Waals surface area contributed by atoms with Crippen molar-refractivity contribution in [3.63, 3.8) is 0 Å². The maximum absolute atomic E-state index is 6.03. The van der Waals surface area contributed by atoms with Crippen LogP contribution in [0.1, 0.15) is 26.0 Å². The molecule has 0 saturated heterocycles. The molecule has 3 nitrogen and oxygen atoms in total. The predicted molar refractivity (Wildman–Crippen MR) is 72.7 cm³/mol. The zero-order valence-electron chi connectivity index (χ0n) is 10.4. The number of nitrogens with two attached hydrogens (primary N) is 1. The molecule has 0 aliphatic heterocycles. The van der Waals surface area contributed by atoms with Gasteiger partial charge in [-0.3, -0.25) is 4.98 Å². The normalized spacial score (nSPS) is 12.8. The fraction of sp³-hybridized carbons (Fsp3) is 0.357. The van der Waals surface area contributed by atoms with Crippen LogP contribution in [-0.4, -0.2) is 11.0 Å². The lowest BCUT2D eigenvalue weighted by Crippen LogP contribution is -2.24. The molecule has 2 rings (SSSR count). The van der Waals surface area contributed by atoms with E-state index in [0.717, 1.165) is 35.2 Å². The number of pyridine rings is 1. The summed E-state index contributed by atoms with van der Waals surface area (Å²) in [6.45, 7) is 5.11. The van der Waals surface area contributed by atoms with Crippen molar-refractivity contribution in [2.45, 2.75) is 32.9 Å². The second-order valence-corrected chi connectivity index (χ2v) is 4.41. The van der Waals surface area contributed by atoms with Crippen molar-refractivity contribution in [1.82, 2.24) is 10.3 Å². The summed E-state index contributed by atoms with van der Waals surface area (Å²) in [5, 5.41) is 4.45. The van der Waals surface area contributed by atoms with Gasteiger partial charge in [-0.2, -0.15) is 0 Å². The average molecular weight is 229 g/mol. The SMILES string of the molecule is CCC(C)NCc1cc(N)c2ccccc2n1. The summed E-state index contributed by atoms with van der Waals surface area (Å²) in [5.74, 6) is 0. The second kappa shape index (κ2) is 5.15. The van der Waals surface area contributed by atoms with Gasteiger partial charge in [0.1, 0.15) is 0 Å². The van der Waals surface area contributed by atoms with Crippen molar-refractivity contribution < 1.29 is 0 Å². The van der Waals surface area contributed by atoms with Gasteiger partial charge in [0.25, 0.3) is 0 Å². The van der Waals surface area contributed by atoms with Crippen LogP contribution in [0.4, 0.5) is 5.69 Å². The van der Waals surface area contributed by atoms with Crippen molar-refractivity contribution in [1.29, 1.82) is 0 Å². The summed E-state index contributed by atoms with van der Waals surface area (Å²) in [7, 11) is 0. The summed E-state index contributed by atoms with van der Waals surface area (Å²) in [5.41, 5.74) is 8.80. The highest BCUT2D eigenvalue weighted by atomic mass is 14.9. The summed E-state index contributed by atoms with van der Waals surface area (Å²) >= 11 is 0. The predicted octanol–water partition coefficient (Wildman–Crippen LogP) is 2.71. The number of aromatic nitrogens is 1. The molecule has 0 radical (unpaired) electrons. The van der Waals surface area contributed by atoms with Gasteiger partial charge in [0.2, 0.25) is 0 Å². The number of rotatable bonds is 4. The molecule has 0 spiro atoms. The van der Waals surface area contributed by atoms with Crippen LogP contribution in [0.2, 0.25) is 0 Å². The summed E-state index contributed by atoms with van der Waals surface area (Å²) in [6, 6.07) is 10.4. The first kappa shape index (κ1) is 11.9. The van der Waals surface area contributed by atoms with Crippen molar-refractivity contribution in [3.8, 4) is 0 Å². The van der Waals surface area contributed by atoms with Gasteiger partial charge < -0.3 is 11.1 Å². The van der Waals surface area contributed by atoms with Crippen LogP contribution in [0.25, 0.3) is 10.9 Å². The number of nitrogen functional groups attached to an aromatic ring is 1. The largest absolute Gasteiger partial charge is 0.398 e. The Morgan fingerprint density at radius 2 is 2.12 bits per heavy atom. The van der Waals surface area contributed by atoms with E-state index in [0.29, 0.717) is 6.04 Å². The highest BCUT2D eigenvalue weighted by molar-refractivity contribution is 5.90. The molecule has 0 aliphatic rings. The number of benzene rings is 1. The molecule has 0 aliphatic carbocycles. The minimum Gasteiger partial charge on any atom is -0.398 e. The van der Waals surface area contributed by atoms with Crippen LogP contribution in [0.15, 0.2) is 30.3 Å². The fourth-order valence-corrected chi connectivity index (χ4v) is 1.77. The number of fused-ring (bicyclic) bond motifs is 1. The maximum atomic E-state index is 6.03. The molecule has 1 heterocycles. The molecule has 1 aromatic heterocycles. The summed E-state index contributed by atoms with van der Waals surface area (Å²) in [6.07, 6.45) is 1.11. The van der Waals surface area contributed by atoms with Gasteiger partial charge in [-0.25, -0.2) is 0 Å². The van der Waals surface area contributed by atoms with E-state index in [1.54, 1.807) is 0 Å². The third kappa shape index (κ3) is 2.74. The molecule has 0 saturated carbocycles. The molecule has 2 aromatic rings. The van der Waals surface area contributed by atoms with E-state index in [1.165, 1.54) is 0 Å². The van der Waals surface area contributed by atoms with Crippen LogP contribution in [0.5, 0.6) is 0 Å². The standard InChI is InChI=1S/C14H19N3/c1-3-10(2)16-9-11-8-13(15)12-6-4-5-7-14(12)17-11/h4-8,10,16H,3,9H2,1-2H3,(H2,15,17). The van der Waals surface area contributed by atoms with Crippen LogP contribution < -0.4 is 11.1 Å². The number of hydrogen-bond acceptors (Lipinski definition) is 3. The van der Waals surface area contributed by atoms with Gasteiger partial charge in [0.15, 0.2) is 0 Å². The molecule has 17 heavy (non-hydrogen) atoms. The number of nitrogens with zero attached hydrogens (tertiary/aromatic N) is 1. The topological polar surface area (TPSA) is 50.9 Å². The Hall–Kier alpha value is -1.61. The Bertz CT molecular complexity index is 508. The van der Waals surface area contributed by atoms with Crippen LogP contribution in [-0.2, 0) is 6.54 Å². The fourth-order valence-electron chi connectivity index (χ4n) is 1.77. The molecule has 1 atom stereocenters. The zero-order valence-corrected chi connectivity index (χ0v) is 10.4. The maximum Gasteiger partial charge on any atom is 0.0726 e. The first-order valence-electron chi connectivity index (χ1n) is 6.08. The van der Waals surface area contributed by atoms with Crippen LogP contribution in [0, 0.1) is 0 Å². The number of anilines is 1. The Balaban J connectivity index is 2.24. The van der Waals surface area contributed by atoms with Gasteiger partial charge in [-0.1, -0.05) is 25.1 Å². The number of para-hydroxylation sites is 1. The van der Waals surface area contributed by atoms with Crippen molar-refractivity contribution >= 4 is 16.6 Å². The number of nitrogens with one attached hydrogen (secondary N) is 1. The zero-order chi connectivity index (χ0) is 12.3. The summed E-state index contributed by atoms with van der Waals surface area (Å²) < 4.78 is 0. The van der Waals surface area contributed by atoms with Crippen LogP contribution in [0.3, 0.4) is 0 Å². The quantitative estimate of drug-likeness (QED) is 0.847. The molecule has 3 heteroatoms. The average Bonchev–Trinajstić information content (AvgIpc) is 2.36.